The zero-order valence-corrected chi connectivity index (χ0v) is 20.1. The molecule has 6 rings (SSSR count). The Morgan fingerprint density at radius 1 is 0.778 bits per heavy atom. The highest BCUT2D eigenvalue weighted by atomic mass is 79.9. The molecule has 0 unspecified atom stereocenters. The smallest absolute Gasteiger partial charge is 0.272 e. The van der Waals surface area contributed by atoms with Gasteiger partial charge < -0.3 is 20.6 Å². The summed E-state index contributed by atoms with van der Waals surface area (Å²) >= 11 is 3.43. The average Bonchev–Trinajstić information content (AvgIpc) is 3.64. The molecule has 5 N–H and O–H groups in total. The molecule has 0 fully saturated rings. The fourth-order valence-corrected chi connectivity index (χ4v) is 4.41. The quantitative estimate of drug-likeness (QED) is 0.206. The molecule has 6 aromatic rings. The third kappa shape index (κ3) is 4.01. The molecule has 10 nitrogen and oxygen atoms in total. The van der Waals surface area contributed by atoms with E-state index in [-0.39, 0.29) is 11.8 Å². The number of para-hydroxylation sites is 2. The number of hydrogen-bond acceptors (Lipinski definition) is 5. The average molecular weight is 541 g/mol. The lowest BCUT2D eigenvalue weighted by Crippen LogP contribution is -2.14. The van der Waals surface area contributed by atoms with Crippen molar-refractivity contribution in [3.05, 3.63) is 88.7 Å². The van der Waals surface area contributed by atoms with Crippen molar-refractivity contribution in [2.75, 3.05) is 10.6 Å². The number of anilines is 2. The number of benzene rings is 3. The van der Waals surface area contributed by atoms with E-state index < -0.39 is 0 Å². The third-order valence-corrected chi connectivity index (χ3v) is 6.23. The fourth-order valence-electron chi connectivity index (χ4n) is 4.04. The van der Waals surface area contributed by atoms with Crippen molar-refractivity contribution in [2.24, 2.45) is 0 Å². The van der Waals surface area contributed by atoms with E-state index in [0.717, 1.165) is 20.8 Å². The molecule has 0 spiro atoms. The SMILES string of the molecule is O=C(Nc1cccc2cc(C(=O)Nc3ccc(Br)cc3-c3nn[nH]n3)[nH]c12)c1cc2ccccc2[nH]1. The van der Waals surface area contributed by atoms with Gasteiger partial charge in [-0.2, -0.15) is 5.21 Å². The Kier molecular flexibility index (Phi) is 5.30. The monoisotopic (exact) mass is 540 g/mol. The minimum absolute atomic E-state index is 0.279. The number of carbonyl (C=O) groups is 2. The first-order chi connectivity index (χ1) is 17.5. The highest BCUT2D eigenvalue weighted by molar-refractivity contribution is 9.10. The molecule has 3 heterocycles. The first-order valence-corrected chi connectivity index (χ1v) is 11.7. The number of amides is 2. The van der Waals surface area contributed by atoms with Crippen LogP contribution in [0.2, 0.25) is 0 Å². The normalized spacial score (nSPS) is 11.1. The summed E-state index contributed by atoms with van der Waals surface area (Å²) in [6.45, 7) is 0. The number of H-pyrrole nitrogens is 3. The largest absolute Gasteiger partial charge is 0.351 e. The van der Waals surface area contributed by atoms with Gasteiger partial charge in [-0.1, -0.05) is 46.3 Å². The lowest BCUT2D eigenvalue weighted by atomic mass is 10.1. The lowest BCUT2D eigenvalue weighted by Gasteiger charge is -2.09. The summed E-state index contributed by atoms with van der Waals surface area (Å²) in [5.74, 6) is -0.282. The second-order valence-electron chi connectivity index (χ2n) is 8.06. The number of hydrogen-bond donors (Lipinski definition) is 5. The van der Waals surface area contributed by atoms with E-state index in [9.17, 15) is 9.59 Å². The Balaban J connectivity index is 1.28. The fraction of sp³-hybridized carbons (Fsp3) is 0. The molecule has 36 heavy (non-hydrogen) atoms. The van der Waals surface area contributed by atoms with Crippen LogP contribution in [0.1, 0.15) is 21.0 Å². The molecular weight excluding hydrogens is 524 g/mol. The molecule has 0 aliphatic rings. The van der Waals surface area contributed by atoms with Crippen LogP contribution in [0.15, 0.2) is 77.3 Å². The van der Waals surface area contributed by atoms with Gasteiger partial charge >= 0.3 is 0 Å². The predicted molar refractivity (Wildman–Crippen MR) is 140 cm³/mol. The Bertz CT molecular complexity index is 1720. The van der Waals surface area contributed by atoms with Crippen LogP contribution in [0.25, 0.3) is 33.2 Å². The zero-order valence-electron chi connectivity index (χ0n) is 18.5. The van der Waals surface area contributed by atoms with Gasteiger partial charge in [-0.05, 0) is 47.7 Å². The van der Waals surface area contributed by atoms with Gasteiger partial charge in [0.25, 0.3) is 11.8 Å². The number of nitrogens with zero attached hydrogens (tertiary/aromatic N) is 3. The van der Waals surface area contributed by atoms with Crippen molar-refractivity contribution in [3.8, 4) is 11.4 Å². The van der Waals surface area contributed by atoms with Crippen LogP contribution in [-0.2, 0) is 0 Å². The van der Waals surface area contributed by atoms with E-state index in [1.54, 1.807) is 30.3 Å². The molecule has 0 radical (unpaired) electrons. The molecule has 0 bridgehead atoms. The topological polar surface area (TPSA) is 144 Å². The van der Waals surface area contributed by atoms with E-state index >= 15 is 0 Å². The van der Waals surface area contributed by atoms with Crippen LogP contribution < -0.4 is 10.6 Å². The predicted octanol–water partition coefficient (Wildman–Crippen LogP) is 5.10. The minimum Gasteiger partial charge on any atom is -0.351 e. The number of halogens is 1. The first-order valence-electron chi connectivity index (χ1n) is 10.9. The molecule has 0 atom stereocenters. The van der Waals surface area contributed by atoms with Crippen molar-refractivity contribution >= 4 is 60.9 Å². The van der Waals surface area contributed by atoms with Crippen LogP contribution in [0, 0.1) is 0 Å². The summed E-state index contributed by atoms with van der Waals surface area (Å²) < 4.78 is 0.807. The maximum atomic E-state index is 13.1. The maximum absolute atomic E-state index is 13.1. The van der Waals surface area contributed by atoms with Gasteiger partial charge in [-0.15, -0.1) is 10.2 Å². The molecule has 0 saturated carbocycles. The van der Waals surface area contributed by atoms with Crippen molar-refractivity contribution in [2.45, 2.75) is 0 Å². The number of aromatic nitrogens is 6. The van der Waals surface area contributed by atoms with E-state index in [0.29, 0.717) is 39.7 Å². The molecule has 3 aromatic carbocycles. The van der Waals surface area contributed by atoms with E-state index in [1.165, 1.54) is 0 Å². The maximum Gasteiger partial charge on any atom is 0.272 e. The Hall–Kier alpha value is -4.77. The summed E-state index contributed by atoms with van der Waals surface area (Å²) in [6.07, 6.45) is 0. The number of carbonyl (C=O) groups excluding carboxylic acids is 2. The highest BCUT2D eigenvalue weighted by Gasteiger charge is 2.17. The van der Waals surface area contributed by atoms with E-state index in [1.807, 2.05) is 42.5 Å². The zero-order chi connectivity index (χ0) is 24.6. The Morgan fingerprint density at radius 3 is 2.33 bits per heavy atom. The van der Waals surface area contributed by atoms with Crippen molar-refractivity contribution in [1.29, 1.82) is 0 Å². The summed E-state index contributed by atoms with van der Waals surface area (Å²) in [4.78, 5) is 32.3. The summed E-state index contributed by atoms with van der Waals surface area (Å²) in [6, 6.07) is 22.0. The molecular formula is C25H17BrN8O2. The molecule has 2 amide bonds. The minimum atomic E-state index is -0.355. The second-order valence-corrected chi connectivity index (χ2v) is 8.97. The van der Waals surface area contributed by atoms with Crippen LogP contribution in [0.3, 0.4) is 0 Å². The van der Waals surface area contributed by atoms with E-state index in [2.05, 4.69) is 57.2 Å². The van der Waals surface area contributed by atoms with Crippen LogP contribution >= 0.6 is 15.9 Å². The molecule has 3 aromatic heterocycles. The number of nitrogens with one attached hydrogen (secondary N) is 5. The second kappa shape index (κ2) is 8.78. The van der Waals surface area contributed by atoms with E-state index in [4.69, 9.17) is 0 Å². The molecule has 11 heteroatoms. The van der Waals surface area contributed by atoms with Crippen LogP contribution in [-0.4, -0.2) is 42.4 Å². The Labute approximate surface area is 211 Å². The van der Waals surface area contributed by atoms with Crippen molar-refractivity contribution in [1.82, 2.24) is 30.6 Å². The first kappa shape index (κ1) is 21.7. The van der Waals surface area contributed by atoms with Gasteiger partial charge in [-0.3, -0.25) is 9.59 Å². The van der Waals surface area contributed by atoms with Gasteiger partial charge in [0, 0.05) is 26.3 Å². The van der Waals surface area contributed by atoms with Crippen LogP contribution in [0.5, 0.6) is 0 Å². The van der Waals surface area contributed by atoms with Crippen LogP contribution in [0.4, 0.5) is 11.4 Å². The van der Waals surface area contributed by atoms with Gasteiger partial charge in [0.1, 0.15) is 11.4 Å². The lowest BCUT2D eigenvalue weighted by molar-refractivity contribution is 0.101. The standard InChI is InChI=1S/C25H17BrN8O2/c26-15-8-9-18(16(12-15)23-31-33-34-32-23)29-25(36)21-11-14-5-3-7-19(22(14)28-21)30-24(35)20-10-13-4-1-2-6-17(13)27-20/h1-12,27-28H,(H,29,36)(H,30,35)(H,31,32,33,34). The van der Waals surface area contributed by atoms with Gasteiger partial charge in [-0.25, -0.2) is 0 Å². The number of tetrazole rings is 1. The molecule has 0 aliphatic heterocycles. The van der Waals surface area contributed by atoms with Gasteiger partial charge in [0.05, 0.1) is 16.9 Å². The molecule has 0 saturated heterocycles. The summed E-state index contributed by atoms with van der Waals surface area (Å²) in [5.41, 5.74) is 3.99. The molecule has 0 aliphatic carbocycles. The number of rotatable bonds is 5. The summed E-state index contributed by atoms with van der Waals surface area (Å²) in [7, 11) is 0. The molecule has 176 valence electrons. The van der Waals surface area contributed by atoms with Crippen molar-refractivity contribution < 1.29 is 9.59 Å². The number of aromatic amines is 3. The number of fused-ring (bicyclic) bond motifs is 2. The van der Waals surface area contributed by atoms with Gasteiger partial charge in [0.2, 0.25) is 5.82 Å². The highest BCUT2D eigenvalue weighted by Crippen LogP contribution is 2.30. The Morgan fingerprint density at radius 2 is 1.53 bits per heavy atom. The van der Waals surface area contributed by atoms with Gasteiger partial charge in [0.15, 0.2) is 0 Å². The third-order valence-electron chi connectivity index (χ3n) is 5.74. The summed E-state index contributed by atoms with van der Waals surface area (Å²) in [5, 5.41) is 21.6. The van der Waals surface area contributed by atoms with Crippen molar-refractivity contribution in [3.63, 3.8) is 0 Å².